The molecule has 110 valence electrons. The van der Waals surface area contributed by atoms with Gasteiger partial charge in [0.05, 0.1) is 24.9 Å². The van der Waals surface area contributed by atoms with Crippen molar-refractivity contribution in [2.75, 3.05) is 19.5 Å². The molecule has 0 spiro atoms. The molecule has 0 bridgehead atoms. The first-order valence-electron chi connectivity index (χ1n) is 5.96. The quantitative estimate of drug-likeness (QED) is 0.908. The minimum atomic E-state index is -0.449. The van der Waals surface area contributed by atoms with Crippen LogP contribution < -0.4 is 20.3 Å². The fraction of sp³-hybridized carbons (Fsp3) is 0.143. The van der Waals surface area contributed by atoms with Crippen molar-refractivity contribution in [3.05, 3.63) is 51.4 Å². The maximum absolute atomic E-state index is 12.1. The summed E-state index contributed by atoms with van der Waals surface area (Å²) < 4.78 is 10.3. The van der Waals surface area contributed by atoms with E-state index in [1.165, 1.54) is 38.6 Å². The molecule has 1 aromatic carbocycles. The number of halogens is 1. The number of ether oxygens (including phenoxy) is 2. The van der Waals surface area contributed by atoms with Gasteiger partial charge in [0, 0.05) is 30.0 Å². The Morgan fingerprint density at radius 3 is 2.48 bits per heavy atom. The lowest BCUT2D eigenvalue weighted by molar-refractivity contribution is 0.102. The van der Waals surface area contributed by atoms with Gasteiger partial charge in [-0.2, -0.15) is 0 Å². The highest BCUT2D eigenvalue weighted by atomic mass is 35.5. The van der Waals surface area contributed by atoms with E-state index in [2.05, 4.69) is 10.3 Å². The number of benzene rings is 1. The summed E-state index contributed by atoms with van der Waals surface area (Å²) in [5.41, 5.74) is 0.227. The number of anilines is 1. The summed E-state index contributed by atoms with van der Waals surface area (Å²) in [4.78, 5) is 25.7. The molecule has 2 aromatic rings. The highest BCUT2D eigenvalue weighted by Gasteiger charge is 2.13. The summed E-state index contributed by atoms with van der Waals surface area (Å²) in [5.74, 6) is 0.440. The minimum absolute atomic E-state index is 0.226. The summed E-state index contributed by atoms with van der Waals surface area (Å²) in [6.07, 6.45) is 1.40. The van der Waals surface area contributed by atoms with E-state index in [-0.39, 0.29) is 11.1 Å². The molecule has 0 saturated heterocycles. The first-order valence-corrected chi connectivity index (χ1v) is 6.34. The number of H-pyrrole nitrogens is 1. The minimum Gasteiger partial charge on any atom is -0.493 e. The summed E-state index contributed by atoms with van der Waals surface area (Å²) in [6, 6.07) is 5.77. The molecule has 0 aliphatic carbocycles. The van der Waals surface area contributed by atoms with E-state index in [0.717, 1.165) is 0 Å². The summed E-state index contributed by atoms with van der Waals surface area (Å²) in [6.45, 7) is 0. The fourth-order valence-electron chi connectivity index (χ4n) is 1.73. The molecule has 1 heterocycles. The fourth-order valence-corrected chi connectivity index (χ4v) is 1.93. The second kappa shape index (κ2) is 6.32. The summed E-state index contributed by atoms with van der Waals surface area (Å²) >= 11 is 6.08. The van der Waals surface area contributed by atoms with Gasteiger partial charge in [0.1, 0.15) is 0 Å². The third-order valence-electron chi connectivity index (χ3n) is 2.76. The molecule has 0 atom stereocenters. The van der Waals surface area contributed by atoms with Crippen LogP contribution in [-0.4, -0.2) is 25.1 Å². The van der Waals surface area contributed by atoms with Crippen LogP contribution in [0, 0.1) is 0 Å². The van der Waals surface area contributed by atoms with Crippen LogP contribution in [0.4, 0.5) is 5.69 Å². The van der Waals surface area contributed by atoms with E-state index in [0.29, 0.717) is 22.2 Å². The Balaban J connectivity index is 2.31. The number of nitrogens with one attached hydrogen (secondary N) is 2. The second-order valence-corrected chi connectivity index (χ2v) is 4.49. The predicted octanol–water partition coefficient (Wildman–Crippen LogP) is 2.30. The number of hydrogen-bond donors (Lipinski definition) is 2. The van der Waals surface area contributed by atoms with E-state index in [9.17, 15) is 9.59 Å². The average molecular weight is 309 g/mol. The largest absolute Gasteiger partial charge is 0.493 e. The Morgan fingerprint density at radius 1 is 1.19 bits per heavy atom. The summed E-state index contributed by atoms with van der Waals surface area (Å²) in [5, 5.41) is 2.92. The van der Waals surface area contributed by atoms with Crippen molar-refractivity contribution in [3.63, 3.8) is 0 Å². The molecular weight excluding hydrogens is 296 g/mol. The van der Waals surface area contributed by atoms with Crippen molar-refractivity contribution in [1.82, 2.24) is 4.98 Å². The standard InChI is InChI=1S/C14H13ClN2O4/c1-20-11-6-9(15)10(7-12(11)21-2)17-14(19)8-3-4-16-13(18)5-8/h3-7H,1-2H3,(H,16,18)(H,17,19). The van der Waals surface area contributed by atoms with E-state index < -0.39 is 5.91 Å². The number of carbonyl (C=O) groups is 1. The first-order chi connectivity index (χ1) is 10.0. The summed E-state index contributed by atoms with van der Waals surface area (Å²) in [7, 11) is 2.97. The molecular formula is C14H13ClN2O4. The highest BCUT2D eigenvalue weighted by Crippen LogP contribution is 2.36. The lowest BCUT2D eigenvalue weighted by atomic mass is 10.2. The van der Waals surface area contributed by atoms with E-state index in [1.807, 2.05) is 0 Å². The van der Waals surface area contributed by atoms with Crippen molar-refractivity contribution in [2.45, 2.75) is 0 Å². The molecule has 7 heteroatoms. The van der Waals surface area contributed by atoms with Gasteiger partial charge in [-0.25, -0.2) is 0 Å². The van der Waals surface area contributed by atoms with Crippen LogP contribution >= 0.6 is 11.6 Å². The number of hydrogen-bond acceptors (Lipinski definition) is 4. The predicted molar refractivity (Wildman–Crippen MR) is 79.6 cm³/mol. The van der Waals surface area contributed by atoms with Crippen LogP contribution in [-0.2, 0) is 0 Å². The smallest absolute Gasteiger partial charge is 0.255 e. The van der Waals surface area contributed by atoms with Crippen LogP contribution in [0.25, 0.3) is 0 Å². The van der Waals surface area contributed by atoms with Gasteiger partial charge >= 0.3 is 0 Å². The second-order valence-electron chi connectivity index (χ2n) is 4.08. The van der Waals surface area contributed by atoms with Crippen molar-refractivity contribution in [2.24, 2.45) is 0 Å². The van der Waals surface area contributed by atoms with Crippen molar-refractivity contribution in [3.8, 4) is 11.5 Å². The van der Waals surface area contributed by atoms with Gasteiger partial charge in [-0.05, 0) is 6.07 Å². The SMILES string of the molecule is COc1cc(Cl)c(NC(=O)c2cc[nH]c(=O)c2)cc1OC. The van der Waals surface area contributed by atoms with Gasteiger partial charge in [0.25, 0.3) is 5.91 Å². The molecule has 0 radical (unpaired) electrons. The average Bonchev–Trinajstić information content (AvgIpc) is 2.48. The molecule has 0 aliphatic heterocycles. The number of rotatable bonds is 4. The Bertz CT molecular complexity index is 727. The van der Waals surface area contributed by atoms with Crippen molar-refractivity contribution < 1.29 is 14.3 Å². The van der Waals surface area contributed by atoms with Crippen molar-refractivity contribution >= 4 is 23.2 Å². The van der Waals surface area contributed by atoms with Gasteiger partial charge in [-0.3, -0.25) is 9.59 Å². The molecule has 0 fully saturated rings. The van der Waals surface area contributed by atoms with Crippen molar-refractivity contribution in [1.29, 1.82) is 0 Å². The topological polar surface area (TPSA) is 80.4 Å². The maximum Gasteiger partial charge on any atom is 0.255 e. The molecule has 0 unspecified atom stereocenters. The van der Waals surface area contributed by atoms with Crippen LogP contribution in [0.2, 0.25) is 5.02 Å². The van der Waals surface area contributed by atoms with Crippen LogP contribution in [0.1, 0.15) is 10.4 Å². The number of pyridine rings is 1. The maximum atomic E-state index is 12.1. The molecule has 2 rings (SSSR count). The Labute approximate surface area is 125 Å². The number of carbonyl (C=O) groups excluding carboxylic acids is 1. The molecule has 6 nitrogen and oxygen atoms in total. The van der Waals surface area contributed by atoms with Crippen LogP contribution in [0.15, 0.2) is 35.3 Å². The monoisotopic (exact) mass is 308 g/mol. The van der Waals surface area contributed by atoms with Gasteiger partial charge in [0.15, 0.2) is 11.5 Å². The van der Waals surface area contributed by atoms with Gasteiger partial charge in [0.2, 0.25) is 5.56 Å². The van der Waals surface area contributed by atoms with Gasteiger partial charge in [-0.1, -0.05) is 11.6 Å². The number of aromatic nitrogens is 1. The van der Waals surface area contributed by atoms with Crippen LogP contribution in [0.5, 0.6) is 11.5 Å². The molecule has 0 saturated carbocycles. The number of amides is 1. The van der Waals surface area contributed by atoms with E-state index in [1.54, 1.807) is 6.07 Å². The lowest BCUT2D eigenvalue weighted by Crippen LogP contribution is -2.15. The molecule has 21 heavy (non-hydrogen) atoms. The molecule has 0 aliphatic rings. The Kier molecular flexibility index (Phi) is 4.49. The van der Waals surface area contributed by atoms with Gasteiger partial charge < -0.3 is 19.8 Å². The Hall–Kier alpha value is -2.47. The normalized spacial score (nSPS) is 10.0. The zero-order chi connectivity index (χ0) is 15.4. The lowest BCUT2D eigenvalue weighted by Gasteiger charge is -2.12. The third-order valence-corrected chi connectivity index (χ3v) is 3.07. The zero-order valence-corrected chi connectivity index (χ0v) is 12.2. The first kappa shape index (κ1) is 14.9. The highest BCUT2D eigenvalue weighted by molar-refractivity contribution is 6.34. The zero-order valence-electron chi connectivity index (χ0n) is 11.4. The number of aromatic amines is 1. The molecule has 1 aromatic heterocycles. The Morgan fingerprint density at radius 2 is 1.86 bits per heavy atom. The molecule has 1 amide bonds. The van der Waals surface area contributed by atoms with E-state index in [4.69, 9.17) is 21.1 Å². The van der Waals surface area contributed by atoms with E-state index >= 15 is 0 Å². The van der Waals surface area contributed by atoms with Crippen LogP contribution in [0.3, 0.4) is 0 Å². The third kappa shape index (κ3) is 3.35. The number of methoxy groups -OCH3 is 2. The van der Waals surface area contributed by atoms with Gasteiger partial charge in [-0.15, -0.1) is 0 Å². The molecule has 2 N–H and O–H groups in total.